The second-order valence-electron chi connectivity index (χ2n) is 5.48. The van der Waals surface area contributed by atoms with Crippen LogP contribution in [0.15, 0.2) is 18.2 Å². The van der Waals surface area contributed by atoms with Crippen molar-refractivity contribution in [1.29, 1.82) is 0 Å². The molecule has 10 heteroatoms. The molecule has 1 aromatic rings. The van der Waals surface area contributed by atoms with Crippen molar-refractivity contribution in [2.45, 2.75) is 25.5 Å². The van der Waals surface area contributed by atoms with E-state index < -0.39 is 30.1 Å². The number of fused-ring (bicyclic) bond motifs is 1. The standard InChI is InChI=1S/C16H21N3O6S/c1-9(25-15(21)11(5-6-26-2)19-16(17)22)14(20)18-10-3-4-12-13(7-10)24-8-23-12/h3-4,7,9,11H,5-6,8H2,1-2H3,(H,18,20)(H3,17,19,22)/t9-,11+/m1/s1. The normalized spacial score (nSPS) is 14.2. The van der Waals surface area contributed by atoms with Crippen molar-refractivity contribution in [2.75, 3.05) is 24.1 Å². The molecule has 3 amide bonds. The van der Waals surface area contributed by atoms with Crippen LogP contribution in [0.3, 0.4) is 0 Å². The number of carbonyl (C=O) groups is 3. The Morgan fingerprint density at radius 1 is 1.31 bits per heavy atom. The summed E-state index contributed by atoms with van der Waals surface area (Å²) in [6.07, 6.45) is 1.16. The van der Waals surface area contributed by atoms with Gasteiger partial charge in [0.2, 0.25) is 6.79 Å². The molecule has 0 saturated heterocycles. The number of hydrogen-bond donors (Lipinski definition) is 3. The van der Waals surface area contributed by atoms with Gasteiger partial charge in [-0.1, -0.05) is 0 Å². The lowest BCUT2D eigenvalue weighted by atomic mass is 10.2. The zero-order valence-corrected chi connectivity index (χ0v) is 15.3. The molecule has 2 rings (SSSR count). The fourth-order valence-corrected chi connectivity index (χ4v) is 2.66. The van der Waals surface area contributed by atoms with E-state index in [1.807, 2.05) is 6.26 Å². The molecule has 1 heterocycles. The minimum atomic E-state index is -1.06. The third-order valence-corrected chi connectivity index (χ3v) is 4.16. The summed E-state index contributed by atoms with van der Waals surface area (Å²) in [6.45, 7) is 1.57. The van der Waals surface area contributed by atoms with Crippen molar-refractivity contribution in [3.63, 3.8) is 0 Å². The fourth-order valence-electron chi connectivity index (χ4n) is 2.18. The van der Waals surface area contributed by atoms with Gasteiger partial charge in [0.05, 0.1) is 0 Å². The number of thioether (sulfide) groups is 1. The van der Waals surface area contributed by atoms with Crippen molar-refractivity contribution in [3.05, 3.63) is 18.2 Å². The number of urea groups is 1. The summed E-state index contributed by atoms with van der Waals surface area (Å²) in [7, 11) is 0. The van der Waals surface area contributed by atoms with E-state index in [1.165, 1.54) is 18.7 Å². The fraction of sp³-hybridized carbons (Fsp3) is 0.438. The zero-order chi connectivity index (χ0) is 19.1. The number of nitrogens with one attached hydrogen (secondary N) is 2. The van der Waals surface area contributed by atoms with Gasteiger partial charge in [0.1, 0.15) is 6.04 Å². The Labute approximate surface area is 154 Å². The molecule has 0 saturated carbocycles. The van der Waals surface area contributed by atoms with Gasteiger partial charge in [-0.2, -0.15) is 11.8 Å². The minimum absolute atomic E-state index is 0.130. The summed E-state index contributed by atoms with van der Waals surface area (Å²) in [6, 6.07) is 3.20. The molecule has 9 nitrogen and oxygen atoms in total. The van der Waals surface area contributed by atoms with Gasteiger partial charge in [-0.3, -0.25) is 4.79 Å². The third kappa shape index (κ3) is 5.45. The molecule has 26 heavy (non-hydrogen) atoms. The second-order valence-corrected chi connectivity index (χ2v) is 6.46. The summed E-state index contributed by atoms with van der Waals surface area (Å²) < 4.78 is 15.6. The van der Waals surface area contributed by atoms with Crippen LogP contribution >= 0.6 is 11.8 Å². The largest absolute Gasteiger partial charge is 0.454 e. The molecule has 0 aromatic heterocycles. The third-order valence-electron chi connectivity index (χ3n) is 3.51. The van der Waals surface area contributed by atoms with Crippen LogP contribution in [0.25, 0.3) is 0 Å². The Balaban J connectivity index is 1.92. The van der Waals surface area contributed by atoms with Crippen LogP contribution < -0.4 is 25.8 Å². The lowest BCUT2D eigenvalue weighted by molar-refractivity contribution is -0.155. The number of rotatable bonds is 8. The van der Waals surface area contributed by atoms with Gasteiger partial charge in [-0.25, -0.2) is 9.59 Å². The number of nitrogens with two attached hydrogens (primary N) is 1. The summed E-state index contributed by atoms with van der Waals surface area (Å²) in [4.78, 5) is 35.4. The number of amides is 3. The SMILES string of the molecule is CSCC[C@H](NC(N)=O)C(=O)O[C@H](C)C(=O)Nc1ccc2c(c1)OCO2. The first-order chi connectivity index (χ1) is 12.4. The maximum Gasteiger partial charge on any atom is 0.329 e. The van der Waals surface area contributed by atoms with Crippen molar-refractivity contribution in [1.82, 2.24) is 5.32 Å². The van der Waals surface area contributed by atoms with Gasteiger partial charge in [0.15, 0.2) is 17.6 Å². The summed E-state index contributed by atoms with van der Waals surface area (Å²) >= 11 is 1.51. The highest BCUT2D eigenvalue weighted by atomic mass is 32.2. The second kappa shape index (κ2) is 9.18. The average molecular weight is 383 g/mol. The molecule has 0 bridgehead atoms. The molecule has 1 aromatic carbocycles. The van der Waals surface area contributed by atoms with E-state index in [9.17, 15) is 14.4 Å². The molecule has 0 fully saturated rings. The predicted molar refractivity (Wildman–Crippen MR) is 96.3 cm³/mol. The number of anilines is 1. The van der Waals surface area contributed by atoms with Gasteiger partial charge in [-0.15, -0.1) is 0 Å². The molecule has 142 valence electrons. The zero-order valence-electron chi connectivity index (χ0n) is 14.4. The molecule has 1 aliphatic rings. The molecule has 4 N–H and O–H groups in total. The van der Waals surface area contributed by atoms with E-state index in [-0.39, 0.29) is 6.79 Å². The Morgan fingerprint density at radius 3 is 2.73 bits per heavy atom. The van der Waals surface area contributed by atoms with E-state index in [4.69, 9.17) is 19.9 Å². The monoisotopic (exact) mass is 383 g/mol. The van der Waals surface area contributed by atoms with Gasteiger partial charge in [0.25, 0.3) is 5.91 Å². The van der Waals surface area contributed by atoms with E-state index in [1.54, 1.807) is 18.2 Å². The number of ether oxygens (including phenoxy) is 3. The number of benzene rings is 1. The summed E-state index contributed by atoms with van der Waals surface area (Å²) in [5.41, 5.74) is 5.56. The highest BCUT2D eigenvalue weighted by Crippen LogP contribution is 2.34. The van der Waals surface area contributed by atoms with Gasteiger partial charge < -0.3 is 30.6 Å². The predicted octanol–water partition coefficient (Wildman–Crippen LogP) is 1.08. The van der Waals surface area contributed by atoms with Gasteiger partial charge in [0, 0.05) is 11.8 Å². The molecule has 0 spiro atoms. The first-order valence-electron chi connectivity index (χ1n) is 7.86. The summed E-state index contributed by atoms with van der Waals surface area (Å²) in [5.74, 6) is 0.510. The molecule has 2 atom stereocenters. The first kappa shape index (κ1) is 19.7. The van der Waals surface area contributed by atoms with Crippen LogP contribution in [0.1, 0.15) is 13.3 Å². The molecule has 0 unspecified atom stereocenters. The van der Waals surface area contributed by atoms with Crippen LogP contribution in [-0.4, -0.2) is 48.9 Å². The Morgan fingerprint density at radius 2 is 2.04 bits per heavy atom. The van der Waals surface area contributed by atoms with Crippen LogP contribution in [-0.2, 0) is 14.3 Å². The highest BCUT2D eigenvalue weighted by molar-refractivity contribution is 7.98. The van der Waals surface area contributed by atoms with Crippen molar-refractivity contribution >= 4 is 35.4 Å². The van der Waals surface area contributed by atoms with E-state index in [0.717, 1.165) is 0 Å². The molecule has 0 radical (unpaired) electrons. The van der Waals surface area contributed by atoms with E-state index in [2.05, 4.69) is 10.6 Å². The Hall–Kier alpha value is -2.62. The highest BCUT2D eigenvalue weighted by Gasteiger charge is 2.26. The van der Waals surface area contributed by atoms with Crippen LogP contribution in [0.4, 0.5) is 10.5 Å². The number of esters is 1. The maximum absolute atomic E-state index is 12.2. The lowest BCUT2D eigenvalue weighted by Gasteiger charge is -2.19. The number of primary amides is 1. The van der Waals surface area contributed by atoms with Crippen LogP contribution in [0.5, 0.6) is 11.5 Å². The Bertz CT molecular complexity index is 684. The van der Waals surface area contributed by atoms with Crippen molar-refractivity contribution < 1.29 is 28.6 Å². The molecular formula is C16H21N3O6S. The van der Waals surface area contributed by atoms with Gasteiger partial charge >= 0.3 is 12.0 Å². The van der Waals surface area contributed by atoms with Gasteiger partial charge in [-0.05, 0) is 37.5 Å². The smallest absolute Gasteiger partial charge is 0.329 e. The lowest BCUT2D eigenvalue weighted by Crippen LogP contribution is -2.46. The molecule has 1 aliphatic heterocycles. The average Bonchev–Trinajstić information content (AvgIpc) is 3.05. The van der Waals surface area contributed by atoms with E-state index in [0.29, 0.717) is 29.4 Å². The Kier molecular flexibility index (Phi) is 6.96. The van der Waals surface area contributed by atoms with Crippen LogP contribution in [0.2, 0.25) is 0 Å². The van der Waals surface area contributed by atoms with Crippen molar-refractivity contribution in [3.8, 4) is 11.5 Å². The number of hydrogen-bond acceptors (Lipinski definition) is 7. The molecule has 0 aliphatic carbocycles. The number of carbonyl (C=O) groups excluding carboxylic acids is 3. The minimum Gasteiger partial charge on any atom is -0.454 e. The summed E-state index contributed by atoms with van der Waals surface area (Å²) in [5, 5.41) is 4.96. The topological polar surface area (TPSA) is 129 Å². The van der Waals surface area contributed by atoms with Crippen LogP contribution in [0, 0.1) is 0 Å². The van der Waals surface area contributed by atoms with E-state index >= 15 is 0 Å². The quantitative estimate of drug-likeness (QED) is 0.573. The maximum atomic E-state index is 12.2. The molecular weight excluding hydrogens is 362 g/mol. The van der Waals surface area contributed by atoms with Crippen molar-refractivity contribution in [2.24, 2.45) is 5.73 Å². The first-order valence-corrected chi connectivity index (χ1v) is 9.26.